The van der Waals surface area contributed by atoms with E-state index in [1.54, 1.807) is 35.2 Å². The average molecular weight is 423 g/mol. The van der Waals surface area contributed by atoms with Crippen LogP contribution in [0.2, 0.25) is 0 Å². The third-order valence-electron chi connectivity index (χ3n) is 4.47. The first kappa shape index (κ1) is 21.6. The normalized spacial score (nSPS) is 10.5. The lowest BCUT2D eigenvalue weighted by Crippen LogP contribution is -2.31. The Kier molecular flexibility index (Phi) is 7.63. The molecule has 30 heavy (non-hydrogen) atoms. The van der Waals surface area contributed by atoms with Crippen molar-refractivity contribution in [1.29, 1.82) is 0 Å². The summed E-state index contributed by atoms with van der Waals surface area (Å²) in [6.45, 7) is 2.54. The zero-order chi connectivity index (χ0) is 21.3. The second kappa shape index (κ2) is 10.6. The van der Waals surface area contributed by atoms with Crippen LogP contribution >= 0.6 is 11.8 Å². The van der Waals surface area contributed by atoms with Gasteiger partial charge in [-0.1, -0.05) is 42.5 Å². The lowest BCUT2D eigenvalue weighted by Gasteiger charge is -2.21. The number of para-hydroxylation sites is 1. The van der Waals surface area contributed by atoms with Crippen molar-refractivity contribution in [2.45, 2.75) is 18.2 Å². The highest BCUT2D eigenvalue weighted by Gasteiger charge is 2.14. The Morgan fingerprint density at radius 2 is 1.60 bits per heavy atom. The molecule has 0 spiro atoms. The Labute approximate surface area is 180 Å². The number of hydrogen-bond acceptors (Lipinski definition) is 3. The lowest BCUT2D eigenvalue weighted by molar-refractivity contribution is -0.118. The number of nitrogens with one attached hydrogen (secondary N) is 1. The molecule has 2 amide bonds. The predicted octanol–water partition coefficient (Wildman–Crippen LogP) is 5.15. The van der Waals surface area contributed by atoms with Crippen molar-refractivity contribution in [2.75, 3.05) is 22.5 Å². The van der Waals surface area contributed by atoms with Gasteiger partial charge in [0.2, 0.25) is 11.8 Å². The summed E-state index contributed by atoms with van der Waals surface area (Å²) in [5, 5.41) is 2.79. The molecule has 0 radical (unpaired) electrons. The van der Waals surface area contributed by atoms with Crippen LogP contribution in [0, 0.1) is 5.82 Å². The van der Waals surface area contributed by atoms with Crippen molar-refractivity contribution in [3.63, 3.8) is 0 Å². The first-order chi connectivity index (χ1) is 14.6. The van der Waals surface area contributed by atoms with Crippen LogP contribution in [-0.2, 0) is 16.0 Å². The van der Waals surface area contributed by atoms with Crippen molar-refractivity contribution in [3.8, 4) is 0 Å². The fraction of sp³-hybridized carbons (Fsp3) is 0.167. The van der Waals surface area contributed by atoms with Crippen LogP contribution in [0.3, 0.4) is 0 Å². The van der Waals surface area contributed by atoms with Crippen LogP contribution in [0.4, 0.5) is 15.8 Å². The molecule has 0 aliphatic carbocycles. The standard InChI is InChI=1S/C24H23FN2O2S/c1-2-27(20-8-4-3-5-9-20)24(29)16-18-12-14-19(15-13-18)26-23(28)17-30-22-11-7-6-10-21(22)25/h3-15H,2,16-17H2,1H3,(H,26,28). The largest absolute Gasteiger partial charge is 0.325 e. The summed E-state index contributed by atoms with van der Waals surface area (Å²) in [6, 6.07) is 23.1. The predicted molar refractivity (Wildman–Crippen MR) is 120 cm³/mol. The molecule has 4 nitrogen and oxygen atoms in total. The molecule has 0 unspecified atom stereocenters. The number of nitrogens with zero attached hydrogens (tertiary/aromatic N) is 1. The van der Waals surface area contributed by atoms with Crippen molar-refractivity contribution >= 4 is 35.0 Å². The minimum Gasteiger partial charge on any atom is -0.325 e. The van der Waals surface area contributed by atoms with E-state index in [4.69, 9.17) is 0 Å². The van der Waals surface area contributed by atoms with E-state index in [2.05, 4.69) is 5.32 Å². The SMILES string of the molecule is CCN(C(=O)Cc1ccc(NC(=O)CSc2ccccc2F)cc1)c1ccccc1. The van der Waals surface area contributed by atoms with Gasteiger partial charge in [-0.25, -0.2) is 4.39 Å². The number of hydrogen-bond donors (Lipinski definition) is 1. The number of anilines is 2. The van der Waals surface area contributed by atoms with E-state index >= 15 is 0 Å². The molecule has 0 aliphatic heterocycles. The topological polar surface area (TPSA) is 49.4 Å². The Morgan fingerprint density at radius 3 is 2.27 bits per heavy atom. The number of benzene rings is 3. The number of carbonyl (C=O) groups excluding carboxylic acids is 2. The number of thioether (sulfide) groups is 1. The van der Waals surface area contributed by atoms with Crippen molar-refractivity contribution in [3.05, 3.63) is 90.2 Å². The number of halogens is 1. The fourth-order valence-corrected chi connectivity index (χ4v) is 3.73. The van der Waals surface area contributed by atoms with Crippen molar-refractivity contribution in [1.82, 2.24) is 0 Å². The third kappa shape index (κ3) is 5.94. The number of rotatable bonds is 8. The van der Waals surface area contributed by atoms with Gasteiger partial charge in [0.25, 0.3) is 0 Å². The molecule has 0 aliphatic rings. The molecule has 1 N–H and O–H groups in total. The van der Waals surface area contributed by atoms with Crippen LogP contribution in [0.25, 0.3) is 0 Å². The van der Waals surface area contributed by atoms with Crippen LogP contribution in [0.5, 0.6) is 0 Å². The van der Waals surface area contributed by atoms with Gasteiger partial charge in [-0.15, -0.1) is 11.8 Å². The van der Waals surface area contributed by atoms with Gasteiger partial charge in [0.15, 0.2) is 0 Å². The van der Waals surface area contributed by atoms with Gasteiger partial charge in [-0.05, 0) is 48.9 Å². The fourth-order valence-electron chi connectivity index (χ4n) is 2.99. The number of likely N-dealkylation sites (N-methyl/N-ethyl adjacent to an activating group) is 1. The van der Waals surface area contributed by atoms with Crippen LogP contribution < -0.4 is 10.2 Å². The third-order valence-corrected chi connectivity index (χ3v) is 5.52. The summed E-state index contributed by atoms with van der Waals surface area (Å²) in [6.07, 6.45) is 0.278. The monoisotopic (exact) mass is 422 g/mol. The minimum absolute atomic E-state index is 0.0155. The summed E-state index contributed by atoms with van der Waals surface area (Å²) >= 11 is 1.15. The highest BCUT2D eigenvalue weighted by atomic mass is 32.2. The molecule has 0 fully saturated rings. The van der Waals surface area contributed by atoms with Gasteiger partial charge in [-0.3, -0.25) is 9.59 Å². The van der Waals surface area contributed by atoms with Gasteiger partial charge < -0.3 is 10.2 Å². The van der Waals surface area contributed by atoms with E-state index in [0.717, 1.165) is 23.0 Å². The first-order valence-corrected chi connectivity index (χ1v) is 10.7. The molecule has 6 heteroatoms. The quantitative estimate of drug-likeness (QED) is 0.511. The molecule has 0 saturated heterocycles. The highest BCUT2D eigenvalue weighted by molar-refractivity contribution is 8.00. The van der Waals surface area contributed by atoms with Gasteiger partial charge >= 0.3 is 0 Å². The molecule has 0 atom stereocenters. The molecular formula is C24H23FN2O2S. The Morgan fingerprint density at radius 1 is 0.933 bits per heavy atom. The molecule has 0 heterocycles. The molecule has 0 bridgehead atoms. The molecule has 0 aromatic heterocycles. The summed E-state index contributed by atoms with van der Waals surface area (Å²) in [7, 11) is 0. The Bertz CT molecular complexity index is 994. The van der Waals surface area contributed by atoms with Crippen molar-refractivity contribution < 1.29 is 14.0 Å². The highest BCUT2D eigenvalue weighted by Crippen LogP contribution is 2.21. The van der Waals surface area contributed by atoms with Crippen LogP contribution in [-0.4, -0.2) is 24.1 Å². The smallest absolute Gasteiger partial charge is 0.234 e. The molecule has 3 aromatic rings. The number of amides is 2. The summed E-state index contributed by atoms with van der Waals surface area (Å²) < 4.78 is 13.6. The second-order valence-corrected chi connectivity index (χ2v) is 7.63. The maximum atomic E-state index is 13.6. The maximum absolute atomic E-state index is 13.6. The Balaban J connectivity index is 1.53. The second-order valence-electron chi connectivity index (χ2n) is 6.61. The molecule has 154 valence electrons. The van der Waals surface area contributed by atoms with E-state index in [-0.39, 0.29) is 29.8 Å². The van der Waals surface area contributed by atoms with Gasteiger partial charge in [0.1, 0.15) is 5.82 Å². The van der Waals surface area contributed by atoms with Crippen LogP contribution in [0.1, 0.15) is 12.5 Å². The van der Waals surface area contributed by atoms with Gasteiger partial charge in [0.05, 0.1) is 12.2 Å². The van der Waals surface area contributed by atoms with Crippen LogP contribution in [0.15, 0.2) is 83.8 Å². The molecular weight excluding hydrogens is 399 g/mol. The van der Waals surface area contributed by atoms with E-state index < -0.39 is 0 Å². The molecule has 3 aromatic carbocycles. The average Bonchev–Trinajstić information content (AvgIpc) is 2.76. The summed E-state index contributed by atoms with van der Waals surface area (Å²) in [5.41, 5.74) is 2.38. The zero-order valence-electron chi connectivity index (χ0n) is 16.7. The Hall–Kier alpha value is -3.12. The number of carbonyl (C=O) groups is 2. The summed E-state index contributed by atoms with van der Waals surface area (Å²) in [5.74, 6) is -0.417. The van der Waals surface area contributed by atoms with E-state index in [1.807, 2.05) is 49.4 Å². The summed E-state index contributed by atoms with van der Waals surface area (Å²) in [4.78, 5) is 27.0. The van der Waals surface area contributed by atoms with Crippen molar-refractivity contribution in [2.24, 2.45) is 0 Å². The molecule has 0 saturated carbocycles. The van der Waals surface area contributed by atoms with E-state index in [1.165, 1.54) is 6.07 Å². The van der Waals surface area contributed by atoms with Gasteiger partial charge in [0, 0.05) is 22.8 Å². The lowest BCUT2D eigenvalue weighted by atomic mass is 10.1. The first-order valence-electron chi connectivity index (χ1n) is 9.68. The van der Waals surface area contributed by atoms with Gasteiger partial charge in [-0.2, -0.15) is 0 Å². The minimum atomic E-state index is -0.332. The van der Waals surface area contributed by atoms with E-state index in [0.29, 0.717) is 17.1 Å². The maximum Gasteiger partial charge on any atom is 0.234 e. The van der Waals surface area contributed by atoms with E-state index in [9.17, 15) is 14.0 Å². The molecule has 3 rings (SSSR count). The zero-order valence-corrected chi connectivity index (χ0v) is 17.5.